The predicted molar refractivity (Wildman–Crippen MR) is 72.2 cm³/mol. The van der Waals surface area contributed by atoms with Gasteiger partial charge in [-0.05, 0) is 52.9 Å². The topological polar surface area (TPSA) is 18.5 Å². The van der Waals surface area contributed by atoms with E-state index in [1.165, 1.54) is 0 Å². The Morgan fingerprint density at radius 3 is 2.38 bits per heavy atom. The fraction of sp³-hybridized carbons (Fsp3) is 0.0769. The molecule has 0 amide bonds. The van der Waals surface area contributed by atoms with Crippen LogP contribution in [0.5, 0.6) is 17.2 Å². The quantitative estimate of drug-likeness (QED) is 0.791. The first kappa shape index (κ1) is 11.3. The van der Waals surface area contributed by atoms with Gasteiger partial charge in [0.25, 0.3) is 0 Å². The van der Waals surface area contributed by atoms with Crippen molar-refractivity contribution in [3.05, 3.63) is 52.1 Å². The van der Waals surface area contributed by atoms with Crippen LogP contribution in [-0.4, -0.2) is 7.11 Å². The normalized spacial score (nSPS) is 9.88. The van der Waals surface area contributed by atoms with Crippen molar-refractivity contribution in [2.75, 3.05) is 7.11 Å². The van der Waals surface area contributed by atoms with E-state index in [4.69, 9.17) is 9.47 Å². The molecule has 0 aliphatic carbocycles. The largest absolute Gasteiger partial charge is 0.493 e. The van der Waals surface area contributed by atoms with Crippen molar-refractivity contribution in [1.82, 2.24) is 0 Å². The monoisotopic (exact) mass is 326 g/mol. The molecule has 0 fully saturated rings. The standard InChI is InChI=1S/C13H11IO2/c1-15-13-9-10(14)7-8-12(13)16-11-5-3-2-4-6-11/h2-9H,1H3. The summed E-state index contributed by atoms with van der Waals surface area (Å²) in [6.45, 7) is 0. The first-order valence-electron chi connectivity index (χ1n) is 4.86. The second kappa shape index (κ2) is 5.21. The van der Waals surface area contributed by atoms with Crippen molar-refractivity contribution < 1.29 is 9.47 Å². The molecule has 0 spiro atoms. The maximum absolute atomic E-state index is 5.73. The Bertz CT molecular complexity index is 469. The van der Waals surface area contributed by atoms with Crippen molar-refractivity contribution >= 4 is 22.6 Å². The summed E-state index contributed by atoms with van der Waals surface area (Å²) in [5.41, 5.74) is 0. The van der Waals surface area contributed by atoms with Gasteiger partial charge in [-0.1, -0.05) is 18.2 Å². The molecule has 0 saturated heterocycles. The summed E-state index contributed by atoms with van der Waals surface area (Å²) in [6, 6.07) is 15.5. The molecule has 3 heteroatoms. The van der Waals surface area contributed by atoms with Gasteiger partial charge >= 0.3 is 0 Å². The number of halogens is 1. The molecule has 0 bridgehead atoms. The summed E-state index contributed by atoms with van der Waals surface area (Å²) in [5.74, 6) is 2.28. The zero-order valence-corrected chi connectivity index (χ0v) is 11.0. The van der Waals surface area contributed by atoms with E-state index in [-0.39, 0.29) is 0 Å². The van der Waals surface area contributed by atoms with E-state index in [1.54, 1.807) is 7.11 Å². The average molecular weight is 326 g/mol. The Balaban J connectivity index is 2.28. The number of rotatable bonds is 3. The Morgan fingerprint density at radius 2 is 1.69 bits per heavy atom. The average Bonchev–Trinajstić information content (AvgIpc) is 2.33. The fourth-order valence-electron chi connectivity index (χ4n) is 1.34. The third-order valence-electron chi connectivity index (χ3n) is 2.10. The molecule has 0 aromatic heterocycles. The Labute approximate surface area is 108 Å². The van der Waals surface area contributed by atoms with Gasteiger partial charge in [-0.3, -0.25) is 0 Å². The highest BCUT2D eigenvalue weighted by molar-refractivity contribution is 14.1. The highest BCUT2D eigenvalue weighted by Gasteiger charge is 2.05. The lowest BCUT2D eigenvalue weighted by Crippen LogP contribution is -1.90. The predicted octanol–water partition coefficient (Wildman–Crippen LogP) is 4.09. The van der Waals surface area contributed by atoms with Crippen molar-refractivity contribution in [2.45, 2.75) is 0 Å². The lowest BCUT2D eigenvalue weighted by Gasteiger charge is -2.10. The minimum Gasteiger partial charge on any atom is -0.493 e. The van der Waals surface area contributed by atoms with Gasteiger partial charge < -0.3 is 9.47 Å². The summed E-state index contributed by atoms with van der Waals surface area (Å²) < 4.78 is 12.1. The molecule has 2 aromatic carbocycles. The lowest BCUT2D eigenvalue weighted by molar-refractivity contribution is 0.378. The minimum absolute atomic E-state index is 0.731. The van der Waals surface area contributed by atoms with Crippen LogP contribution in [0.3, 0.4) is 0 Å². The van der Waals surface area contributed by atoms with Crippen LogP contribution in [0.1, 0.15) is 0 Å². The SMILES string of the molecule is COc1cc(I)ccc1Oc1ccccc1. The summed E-state index contributed by atoms with van der Waals surface area (Å²) in [4.78, 5) is 0. The van der Waals surface area contributed by atoms with Crippen LogP contribution in [0, 0.1) is 3.57 Å². The molecule has 0 saturated carbocycles. The van der Waals surface area contributed by atoms with E-state index in [0.29, 0.717) is 0 Å². The van der Waals surface area contributed by atoms with Crippen LogP contribution in [0.4, 0.5) is 0 Å². The molecule has 82 valence electrons. The van der Waals surface area contributed by atoms with Gasteiger partial charge in [0.1, 0.15) is 5.75 Å². The summed E-state index contributed by atoms with van der Waals surface area (Å²) >= 11 is 2.24. The third-order valence-corrected chi connectivity index (χ3v) is 2.77. The van der Waals surface area contributed by atoms with Gasteiger partial charge in [-0.2, -0.15) is 0 Å². The molecular weight excluding hydrogens is 315 g/mol. The van der Waals surface area contributed by atoms with Crippen LogP contribution < -0.4 is 9.47 Å². The molecular formula is C13H11IO2. The second-order valence-corrected chi connectivity index (χ2v) is 4.46. The van der Waals surface area contributed by atoms with E-state index in [1.807, 2.05) is 48.5 Å². The third kappa shape index (κ3) is 2.66. The van der Waals surface area contributed by atoms with Crippen molar-refractivity contribution in [3.8, 4) is 17.2 Å². The Kier molecular flexibility index (Phi) is 3.66. The van der Waals surface area contributed by atoms with Gasteiger partial charge in [0, 0.05) is 3.57 Å². The number of para-hydroxylation sites is 1. The van der Waals surface area contributed by atoms with E-state index in [0.717, 1.165) is 20.8 Å². The van der Waals surface area contributed by atoms with Crippen molar-refractivity contribution in [2.24, 2.45) is 0 Å². The van der Waals surface area contributed by atoms with Crippen LogP contribution in [0.25, 0.3) is 0 Å². The van der Waals surface area contributed by atoms with Crippen molar-refractivity contribution in [1.29, 1.82) is 0 Å². The second-order valence-electron chi connectivity index (χ2n) is 3.21. The molecule has 0 atom stereocenters. The molecule has 16 heavy (non-hydrogen) atoms. The molecule has 2 aromatic rings. The minimum atomic E-state index is 0.731. The van der Waals surface area contributed by atoms with Crippen LogP contribution in [0.2, 0.25) is 0 Å². The van der Waals surface area contributed by atoms with Gasteiger partial charge in [0.15, 0.2) is 11.5 Å². The van der Waals surface area contributed by atoms with Crippen LogP contribution >= 0.6 is 22.6 Å². The first-order valence-corrected chi connectivity index (χ1v) is 5.94. The molecule has 2 nitrogen and oxygen atoms in total. The molecule has 0 heterocycles. The zero-order valence-electron chi connectivity index (χ0n) is 8.81. The number of methoxy groups -OCH3 is 1. The molecule has 0 aliphatic heterocycles. The summed E-state index contributed by atoms with van der Waals surface area (Å²) in [6.07, 6.45) is 0. The maximum atomic E-state index is 5.73. The molecule has 0 radical (unpaired) electrons. The number of hydrogen-bond donors (Lipinski definition) is 0. The van der Waals surface area contributed by atoms with E-state index in [9.17, 15) is 0 Å². The summed E-state index contributed by atoms with van der Waals surface area (Å²) in [5, 5.41) is 0. The smallest absolute Gasteiger partial charge is 0.169 e. The maximum Gasteiger partial charge on any atom is 0.169 e. The van der Waals surface area contributed by atoms with Crippen LogP contribution in [0.15, 0.2) is 48.5 Å². The van der Waals surface area contributed by atoms with E-state index in [2.05, 4.69) is 22.6 Å². The first-order chi connectivity index (χ1) is 7.79. The number of benzene rings is 2. The highest BCUT2D eigenvalue weighted by atomic mass is 127. The van der Waals surface area contributed by atoms with Gasteiger partial charge in [0.2, 0.25) is 0 Å². The van der Waals surface area contributed by atoms with E-state index < -0.39 is 0 Å². The molecule has 0 aliphatic rings. The molecule has 2 rings (SSSR count). The Hall–Kier alpha value is -1.23. The summed E-state index contributed by atoms with van der Waals surface area (Å²) in [7, 11) is 1.64. The fourth-order valence-corrected chi connectivity index (χ4v) is 1.80. The number of hydrogen-bond acceptors (Lipinski definition) is 2. The lowest BCUT2D eigenvalue weighted by atomic mass is 10.3. The van der Waals surface area contributed by atoms with Gasteiger partial charge in [-0.15, -0.1) is 0 Å². The zero-order chi connectivity index (χ0) is 11.4. The Morgan fingerprint density at radius 1 is 0.938 bits per heavy atom. The van der Waals surface area contributed by atoms with Gasteiger partial charge in [-0.25, -0.2) is 0 Å². The molecule has 0 N–H and O–H groups in total. The number of ether oxygens (including phenoxy) is 2. The van der Waals surface area contributed by atoms with Crippen LogP contribution in [-0.2, 0) is 0 Å². The highest BCUT2D eigenvalue weighted by Crippen LogP contribution is 2.32. The van der Waals surface area contributed by atoms with Gasteiger partial charge in [0.05, 0.1) is 7.11 Å². The van der Waals surface area contributed by atoms with Crippen molar-refractivity contribution in [3.63, 3.8) is 0 Å². The van der Waals surface area contributed by atoms with E-state index >= 15 is 0 Å². The molecule has 0 unspecified atom stereocenters.